The SMILES string of the molecule is CC(=O)Oc1c2ccc(C(F)(F)F)cc2c(OC(C)=O)c2cc3ccccc3cc12. The van der Waals surface area contributed by atoms with E-state index in [1.807, 2.05) is 24.3 Å². The van der Waals surface area contributed by atoms with E-state index < -0.39 is 23.7 Å². The highest BCUT2D eigenvalue weighted by atomic mass is 19.4. The monoisotopic (exact) mass is 412 g/mol. The van der Waals surface area contributed by atoms with Crippen molar-refractivity contribution in [2.24, 2.45) is 0 Å². The Morgan fingerprint density at radius 3 is 1.63 bits per heavy atom. The minimum absolute atomic E-state index is 0.0137. The molecule has 0 radical (unpaired) electrons. The number of halogens is 3. The van der Waals surface area contributed by atoms with Crippen LogP contribution in [0.15, 0.2) is 54.6 Å². The number of carbonyl (C=O) groups excluding carboxylic acids is 2. The summed E-state index contributed by atoms with van der Waals surface area (Å²) in [6.45, 7) is 2.38. The Balaban J connectivity index is 2.23. The molecule has 0 aliphatic rings. The summed E-state index contributed by atoms with van der Waals surface area (Å²) < 4.78 is 50.8. The highest BCUT2D eigenvalue weighted by Gasteiger charge is 2.31. The van der Waals surface area contributed by atoms with Crippen LogP contribution in [0.4, 0.5) is 13.2 Å². The molecule has 0 atom stereocenters. The number of benzene rings is 4. The van der Waals surface area contributed by atoms with Crippen LogP contribution in [0.3, 0.4) is 0 Å². The van der Waals surface area contributed by atoms with E-state index in [1.165, 1.54) is 19.9 Å². The maximum atomic E-state index is 13.3. The molecular formula is C23H15F3O4. The molecule has 0 spiro atoms. The first kappa shape index (κ1) is 19.7. The Kier molecular flexibility index (Phi) is 4.61. The van der Waals surface area contributed by atoms with Crippen LogP contribution < -0.4 is 9.47 Å². The van der Waals surface area contributed by atoms with Gasteiger partial charge in [0.1, 0.15) is 11.5 Å². The molecule has 0 saturated carbocycles. The lowest BCUT2D eigenvalue weighted by Gasteiger charge is -2.17. The van der Waals surface area contributed by atoms with Gasteiger partial charge in [0.05, 0.1) is 5.56 Å². The average molecular weight is 412 g/mol. The van der Waals surface area contributed by atoms with E-state index in [2.05, 4.69) is 0 Å². The molecule has 4 rings (SSSR count). The van der Waals surface area contributed by atoms with Crippen molar-refractivity contribution < 1.29 is 32.2 Å². The van der Waals surface area contributed by atoms with Gasteiger partial charge in [-0.15, -0.1) is 0 Å². The van der Waals surface area contributed by atoms with Crippen molar-refractivity contribution in [2.75, 3.05) is 0 Å². The fraction of sp³-hybridized carbons (Fsp3) is 0.130. The summed E-state index contributed by atoms with van der Waals surface area (Å²) in [7, 11) is 0. The van der Waals surface area contributed by atoms with Crippen molar-refractivity contribution in [3.8, 4) is 11.5 Å². The lowest BCUT2D eigenvalue weighted by Crippen LogP contribution is -2.08. The van der Waals surface area contributed by atoms with Crippen molar-refractivity contribution in [2.45, 2.75) is 20.0 Å². The number of esters is 2. The molecule has 0 N–H and O–H groups in total. The van der Waals surface area contributed by atoms with E-state index in [9.17, 15) is 22.8 Å². The number of rotatable bonds is 2. The van der Waals surface area contributed by atoms with Gasteiger partial charge >= 0.3 is 18.1 Å². The van der Waals surface area contributed by atoms with Gasteiger partial charge in [-0.05, 0) is 41.1 Å². The maximum absolute atomic E-state index is 13.3. The highest BCUT2D eigenvalue weighted by Crippen LogP contribution is 2.46. The zero-order chi connectivity index (χ0) is 21.6. The molecule has 152 valence electrons. The fourth-order valence-corrected chi connectivity index (χ4v) is 3.52. The number of carbonyl (C=O) groups is 2. The second kappa shape index (κ2) is 7.02. The van der Waals surface area contributed by atoms with Gasteiger partial charge in [-0.2, -0.15) is 13.2 Å². The first-order chi connectivity index (χ1) is 14.1. The summed E-state index contributed by atoms with van der Waals surface area (Å²) in [5, 5.41) is 2.70. The van der Waals surface area contributed by atoms with Crippen LogP contribution in [0.2, 0.25) is 0 Å². The lowest BCUT2D eigenvalue weighted by molar-refractivity contribution is -0.137. The van der Waals surface area contributed by atoms with Crippen molar-refractivity contribution >= 4 is 44.3 Å². The normalized spacial score (nSPS) is 11.8. The Morgan fingerprint density at radius 2 is 1.17 bits per heavy atom. The molecule has 4 aromatic carbocycles. The van der Waals surface area contributed by atoms with Gasteiger partial charge in [0.2, 0.25) is 0 Å². The van der Waals surface area contributed by atoms with Crippen molar-refractivity contribution in [1.82, 2.24) is 0 Å². The molecule has 0 heterocycles. The number of ether oxygens (including phenoxy) is 2. The highest BCUT2D eigenvalue weighted by molar-refractivity contribution is 6.16. The van der Waals surface area contributed by atoms with Gasteiger partial charge in [-0.25, -0.2) is 0 Å². The first-order valence-electron chi connectivity index (χ1n) is 9.01. The number of hydrogen-bond acceptors (Lipinski definition) is 4. The largest absolute Gasteiger partial charge is 0.425 e. The van der Waals surface area contributed by atoms with E-state index in [1.54, 1.807) is 12.1 Å². The van der Waals surface area contributed by atoms with E-state index in [4.69, 9.17) is 9.47 Å². The molecule has 7 heteroatoms. The maximum Gasteiger partial charge on any atom is 0.416 e. The summed E-state index contributed by atoms with van der Waals surface area (Å²) in [6.07, 6.45) is -4.60. The zero-order valence-corrected chi connectivity index (χ0v) is 16.0. The van der Waals surface area contributed by atoms with Gasteiger partial charge in [-0.1, -0.05) is 24.3 Å². The summed E-state index contributed by atoms with van der Waals surface area (Å²) in [4.78, 5) is 23.5. The van der Waals surface area contributed by atoms with Crippen molar-refractivity contribution in [1.29, 1.82) is 0 Å². The summed E-state index contributed by atoms with van der Waals surface area (Å²) in [5.41, 5.74) is -0.905. The van der Waals surface area contributed by atoms with Gasteiger partial charge < -0.3 is 9.47 Å². The molecule has 0 aromatic heterocycles. The molecule has 0 aliphatic heterocycles. The van der Waals surface area contributed by atoms with Crippen LogP contribution in [-0.2, 0) is 15.8 Å². The molecule has 0 saturated heterocycles. The van der Waals surface area contributed by atoms with Crippen LogP contribution in [0.5, 0.6) is 11.5 Å². The molecule has 0 bridgehead atoms. The van der Waals surface area contributed by atoms with E-state index in [-0.39, 0.29) is 22.3 Å². The van der Waals surface area contributed by atoms with Crippen LogP contribution in [0.1, 0.15) is 19.4 Å². The predicted molar refractivity (Wildman–Crippen MR) is 107 cm³/mol. The van der Waals surface area contributed by atoms with E-state index in [0.29, 0.717) is 10.8 Å². The minimum atomic E-state index is -4.60. The van der Waals surface area contributed by atoms with Crippen molar-refractivity contribution in [3.63, 3.8) is 0 Å². The van der Waals surface area contributed by atoms with Gasteiger partial charge in [0, 0.05) is 35.4 Å². The summed E-state index contributed by atoms with van der Waals surface area (Å²) in [6, 6.07) is 13.8. The fourth-order valence-electron chi connectivity index (χ4n) is 3.52. The Morgan fingerprint density at radius 1 is 0.700 bits per heavy atom. The Bertz CT molecular complexity index is 1340. The minimum Gasteiger partial charge on any atom is -0.425 e. The van der Waals surface area contributed by atoms with Gasteiger partial charge in [0.25, 0.3) is 0 Å². The van der Waals surface area contributed by atoms with E-state index >= 15 is 0 Å². The Hall–Kier alpha value is -3.61. The molecule has 4 nitrogen and oxygen atoms in total. The van der Waals surface area contributed by atoms with Crippen LogP contribution >= 0.6 is 0 Å². The molecule has 0 unspecified atom stereocenters. The molecule has 4 aromatic rings. The van der Waals surface area contributed by atoms with Crippen LogP contribution in [-0.4, -0.2) is 11.9 Å². The van der Waals surface area contributed by atoms with E-state index in [0.717, 1.165) is 22.9 Å². The summed E-state index contributed by atoms with van der Waals surface area (Å²) in [5.74, 6) is -1.20. The van der Waals surface area contributed by atoms with Crippen LogP contribution in [0, 0.1) is 0 Å². The van der Waals surface area contributed by atoms with Gasteiger partial charge in [-0.3, -0.25) is 9.59 Å². The molecule has 0 amide bonds. The number of fused-ring (bicyclic) bond motifs is 3. The molecule has 0 aliphatic carbocycles. The lowest BCUT2D eigenvalue weighted by atomic mass is 9.96. The first-order valence-corrected chi connectivity index (χ1v) is 9.01. The second-order valence-corrected chi connectivity index (χ2v) is 6.85. The third-order valence-electron chi connectivity index (χ3n) is 4.70. The average Bonchev–Trinajstić information content (AvgIpc) is 2.67. The topological polar surface area (TPSA) is 52.6 Å². The Labute approximate surface area is 168 Å². The third-order valence-corrected chi connectivity index (χ3v) is 4.70. The summed E-state index contributed by atoms with van der Waals surface area (Å²) >= 11 is 0. The second-order valence-electron chi connectivity index (χ2n) is 6.85. The smallest absolute Gasteiger partial charge is 0.416 e. The standard InChI is InChI=1S/C23H15F3O4/c1-12(27)29-21-17-8-7-16(23(24,25)26)11-20(17)22(30-13(2)28)19-10-15-6-4-3-5-14(15)9-18(19)21/h3-11H,1-2H3. The van der Waals surface area contributed by atoms with Crippen molar-refractivity contribution in [3.05, 3.63) is 60.2 Å². The molecule has 30 heavy (non-hydrogen) atoms. The molecule has 0 fully saturated rings. The van der Waals surface area contributed by atoms with Crippen LogP contribution in [0.25, 0.3) is 32.3 Å². The third kappa shape index (κ3) is 3.43. The number of alkyl halides is 3. The van der Waals surface area contributed by atoms with Gasteiger partial charge in [0.15, 0.2) is 0 Å². The quantitative estimate of drug-likeness (QED) is 0.230. The zero-order valence-electron chi connectivity index (χ0n) is 16.0. The number of hydrogen-bond donors (Lipinski definition) is 0. The predicted octanol–water partition coefficient (Wildman–Crippen LogP) is 6.02. The molecular weight excluding hydrogens is 397 g/mol.